The summed E-state index contributed by atoms with van der Waals surface area (Å²) in [4.78, 5) is 26.8. The van der Waals surface area contributed by atoms with Gasteiger partial charge in [-0.25, -0.2) is 4.39 Å². The largest absolute Gasteiger partial charge is 0.334 e. The number of carbonyl (C=O) groups is 2. The van der Waals surface area contributed by atoms with Crippen LogP contribution in [0.2, 0.25) is 0 Å². The summed E-state index contributed by atoms with van der Waals surface area (Å²) < 4.78 is 13.5. The number of hydrogen-bond donors (Lipinski definition) is 2. The molecule has 0 aliphatic heterocycles. The Morgan fingerprint density at radius 1 is 1.10 bits per heavy atom. The summed E-state index contributed by atoms with van der Waals surface area (Å²) in [5.74, 6) is -0.458. The molecule has 0 unspecified atom stereocenters. The lowest BCUT2D eigenvalue weighted by molar-refractivity contribution is -0.119. The highest BCUT2D eigenvalue weighted by molar-refractivity contribution is 5.94. The molecule has 0 radical (unpaired) electrons. The van der Waals surface area contributed by atoms with Gasteiger partial charge in [0.1, 0.15) is 5.82 Å². The molecule has 1 aliphatic rings. The molecular formula is C23H28FN3O2. The van der Waals surface area contributed by atoms with Crippen LogP contribution in [0.4, 0.5) is 10.1 Å². The number of halogens is 1. The van der Waals surface area contributed by atoms with Crippen LogP contribution in [0.25, 0.3) is 0 Å². The number of amides is 2. The molecule has 3 rings (SSSR count). The van der Waals surface area contributed by atoms with Crippen LogP contribution in [0.15, 0.2) is 48.5 Å². The second kappa shape index (κ2) is 10.2. The molecule has 3 N–H and O–H groups in total. The first kappa shape index (κ1) is 21.0. The van der Waals surface area contributed by atoms with E-state index in [1.54, 1.807) is 11.0 Å². The molecule has 0 atom stereocenters. The lowest BCUT2D eigenvalue weighted by Gasteiger charge is -2.23. The molecule has 1 saturated carbocycles. The van der Waals surface area contributed by atoms with Gasteiger partial charge in [-0.05, 0) is 61.7 Å². The van der Waals surface area contributed by atoms with E-state index in [1.807, 2.05) is 24.3 Å². The Labute approximate surface area is 171 Å². The standard InChI is InChI=1S/C23H28FN3O2/c24-20-8-3-7-19(15-20)23(29)27(14-4-13-25)16-17-9-11-21(12-10-17)26-22(28)18-5-1-2-6-18/h3,7-12,15,18H,1-2,4-6,13-14,16,25H2,(H,26,28). The van der Waals surface area contributed by atoms with Crippen LogP contribution in [0, 0.1) is 11.7 Å². The van der Waals surface area contributed by atoms with Gasteiger partial charge in [-0.1, -0.05) is 31.0 Å². The number of nitrogens with one attached hydrogen (secondary N) is 1. The van der Waals surface area contributed by atoms with Crippen LogP contribution in [0.3, 0.4) is 0 Å². The van der Waals surface area contributed by atoms with Crippen LogP contribution in [0.1, 0.15) is 48.0 Å². The number of carbonyl (C=O) groups excluding carboxylic acids is 2. The van der Waals surface area contributed by atoms with Gasteiger partial charge in [0.05, 0.1) is 0 Å². The van der Waals surface area contributed by atoms with Crippen LogP contribution in [-0.2, 0) is 11.3 Å². The van der Waals surface area contributed by atoms with Crippen molar-refractivity contribution in [3.05, 3.63) is 65.5 Å². The molecule has 5 nitrogen and oxygen atoms in total. The maximum absolute atomic E-state index is 13.5. The zero-order valence-corrected chi connectivity index (χ0v) is 16.6. The van der Waals surface area contributed by atoms with E-state index in [2.05, 4.69) is 5.32 Å². The highest BCUT2D eigenvalue weighted by Crippen LogP contribution is 2.26. The van der Waals surface area contributed by atoms with Crippen LogP contribution in [-0.4, -0.2) is 29.8 Å². The molecule has 2 amide bonds. The molecule has 0 spiro atoms. The fraction of sp³-hybridized carbons (Fsp3) is 0.391. The molecule has 0 bridgehead atoms. The normalized spacial score (nSPS) is 14.0. The van der Waals surface area contributed by atoms with Gasteiger partial charge in [-0.2, -0.15) is 0 Å². The summed E-state index contributed by atoms with van der Waals surface area (Å²) in [5, 5.41) is 2.98. The van der Waals surface area contributed by atoms with Crippen LogP contribution >= 0.6 is 0 Å². The van der Waals surface area contributed by atoms with Gasteiger partial charge < -0.3 is 16.0 Å². The van der Waals surface area contributed by atoms with Crippen molar-refractivity contribution in [2.24, 2.45) is 11.7 Å². The number of rotatable bonds is 8. The Hall–Kier alpha value is -2.73. The molecule has 0 aromatic heterocycles. The van der Waals surface area contributed by atoms with E-state index in [0.717, 1.165) is 36.9 Å². The molecule has 2 aromatic carbocycles. The van der Waals surface area contributed by atoms with Gasteiger partial charge in [-0.15, -0.1) is 0 Å². The van der Waals surface area contributed by atoms with E-state index in [4.69, 9.17) is 5.73 Å². The number of nitrogens with zero attached hydrogens (tertiary/aromatic N) is 1. The summed E-state index contributed by atoms with van der Waals surface area (Å²) in [6, 6.07) is 13.2. The Balaban J connectivity index is 1.65. The van der Waals surface area contributed by atoms with Crippen molar-refractivity contribution in [3.8, 4) is 0 Å². The second-order valence-corrected chi connectivity index (χ2v) is 7.55. The molecule has 29 heavy (non-hydrogen) atoms. The van der Waals surface area contributed by atoms with Crippen molar-refractivity contribution < 1.29 is 14.0 Å². The van der Waals surface area contributed by atoms with E-state index in [0.29, 0.717) is 31.6 Å². The van der Waals surface area contributed by atoms with E-state index < -0.39 is 5.82 Å². The third-order valence-electron chi connectivity index (χ3n) is 5.31. The minimum absolute atomic E-state index is 0.0844. The molecule has 6 heteroatoms. The van der Waals surface area contributed by atoms with Crippen LogP contribution < -0.4 is 11.1 Å². The van der Waals surface area contributed by atoms with Crippen molar-refractivity contribution in [2.45, 2.75) is 38.6 Å². The zero-order valence-electron chi connectivity index (χ0n) is 16.6. The smallest absolute Gasteiger partial charge is 0.254 e. The third kappa shape index (κ3) is 5.87. The maximum Gasteiger partial charge on any atom is 0.254 e. The Kier molecular flexibility index (Phi) is 7.36. The highest BCUT2D eigenvalue weighted by Gasteiger charge is 2.22. The first-order valence-corrected chi connectivity index (χ1v) is 10.2. The van der Waals surface area contributed by atoms with E-state index in [9.17, 15) is 14.0 Å². The van der Waals surface area contributed by atoms with Crippen molar-refractivity contribution in [1.29, 1.82) is 0 Å². The fourth-order valence-electron chi connectivity index (χ4n) is 3.68. The third-order valence-corrected chi connectivity index (χ3v) is 5.31. The summed E-state index contributed by atoms with van der Waals surface area (Å²) in [7, 11) is 0. The van der Waals surface area contributed by atoms with Gasteiger partial charge >= 0.3 is 0 Å². The topological polar surface area (TPSA) is 75.4 Å². The van der Waals surface area contributed by atoms with E-state index in [1.165, 1.54) is 18.2 Å². The SMILES string of the molecule is NCCCN(Cc1ccc(NC(=O)C2CCCC2)cc1)C(=O)c1cccc(F)c1. The minimum atomic E-state index is -0.433. The predicted octanol–water partition coefficient (Wildman–Crippen LogP) is 3.95. The van der Waals surface area contributed by atoms with Gasteiger partial charge in [0, 0.05) is 30.3 Å². The number of hydrogen-bond acceptors (Lipinski definition) is 3. The molecular weight excluding hydrogens is 369 g/mol. The van der Waals surface area contributed by atoms with Crippen molar-refractivity contribution in [1.82, 2.24) is 4.90 Å². The van der Waals surface area contributed by atoms with E-state index >= 15 is 0 Å². The van der Waals surface area contributed by atoms with Crippen molar-refractivity contribution >= 4 is 17.5 Å². The zero-order chi connectivity index (χ0) is 20.6. The number of benzene rings is 2. The lowest BCUT2D eigenvalue weighted by atomic mass is 10.1. The van der Waals surface area contributed by atoms with Crippen molar-refractivity contribution in [2.75, 3.05) is 18.4 Å². The molecule has 0 saturated heterocycles. The summed E-state index contributed by atoms with van der Waals surface area (Å²) in [6.45, 7) is 1.36. The molecule has 1 aliphatic carbocycles. The molecule has 2 aromatic rings. The second-order valence-electron chi connectivity index (χ2n) is 7.55. The maximum atomic E-state index is 13.5. The highest BCUT2D eigenvalue weighted by atomic mass is 19.1. The van der Waals surface area contributed by atoms with E-state index in [-0.39, 0.29) is 17.7 Å². The lowest BCUT2D eigenvalue weighted by Crippen LogP contribution is -2.32. The first-order chi connectivity index (χ1) is 14.1. The Bertz CT molecular complexity index is 832. The van der Waals surface area contributed by atoms with Gasteiger partial charge in [0.25, 0.3) is 5.91 Å². The van der Waals surface area contributed by atoms with Gasteiger partial charge in [-0.3, -0.25) is 9.59 Å². The quantitative estimate of drug-likeness (QED) is 0.708. The first-order valence-electron chi connectivity index (χ1n) is 10.2. The number of nitrogens with two attached hydrogens (primary N) is 1. The molecule has 0 heterocycles. The summed E-state index contributed by atoms with van der Waals surface area (Å²) >= 11 is 0. The monoisotopic (exact) mass is 397 g/mol. The average molecular weight is 397 g/mol. The minimum Gasteiger partial charge on any atom is -0.334 e. The van der Waals surface area contributed by atoms with Gasteiger partial charge in [0.15, 0.2) is 0 Å². The fourth-order valence-corrected chi connectivity index (χ4v) is 3.68. The van der Waals surface area contributed by atoms with Gasteiger partial charge in [0.2, 0.25) is 5.91 Å². The average Bonchev–Trinajstić information content (AvgIpc) is 3.27. The summed E-state index contributed by atoms with van der Waals surface area (Å²) in [6.07, 6.45) is 4.82. The van der Waals surface area contributed by atoms with Crippen LogP contribution in [0.5, 0.6) is 0 Å². The molecule has 1 fully saturated rings. The predicted molar refractivity (Wildman–Crippen MR) is 112 cm³/mol. The number of anilines is 1. The molecule has 154 valence electrons. The summed E-state index contributed by atoms with van der Waals surface area (Å²) in [5.41, 5.74) is 7.63. The Morgan fingerprint density at radius 2 is 1.83 bits per heavy atom. The van der Waals surface area contributed by atoms with Crippen molar-refractivity contribution in [3.63, 3.8) is 0 Å². The Morgan fingerprint density at radius 3 is 2.48 bits per heavy atom.